The van der Waals surface area contributed by atoms with Gasteiger partial charge in [-0.3, -0.25) is 4.79 Å². The van der Waals surface area contributed by atoms with Gasteiger partial charge in [0.25, 0.3) is 0 Å². The fourth-order valence-corrected chi connectivity index (χ4v) is 2.29. The van der Waals surface area contributed by atoms with E-state index in [0.717, 1.165) is 30.5 Å². The average molecular weight is 248 g/mol. The number of aliphatic hydroxyl groups is 1. The van der Waals surface area contributed by atoms with Gasteiger partial charge in [-0.05, 0) is 43.4 Å². The molecule has 98 valence electrons. The van der Waals surface area contributed by atoms with Crippen LogP contribution < -0.4 is 11.1 Å². The fraction of sp³-hybridized carbons (Fsp3) is 0.500. The van der Waals surface area contributed by atoms with Crippen LogP contribution in [0, 0.1) is 0 Å². The standard InChI is InChI=1S/C14H20N2O2/c15-12-4-1-3-11(9-12)5-6-13(18)16-14(10-17)7-2-8-14/h1,3-4,9,17H,2,5-8,10,15H2,(H,16,18). The van der Waals surface area contributed by atoms with Gasteiger partial charge in [0.2, 0.25) is 5.91 Å². The summed E-state index contributed by atoms with van der Waals surface area (Å²) in [6, 6.07) is 7.58. The van der Waals surface area contributed by atoms with Crippen LogP contribution in [0.2, 0.25) is 0 Å². The number of carbonyl (C=O) groups is 1. The number of carbonyl (C=O) groups excluding carboxylic acids is 1. The molecule has 1 aliphatic carbocycles. The van der Waals surface area contributed by atoms with E-state index in [1.807, 2.05) is 24.3 Å². The van der Waals surface area contributed by atoms with Gasteiger partial charge >= 0.3 is 0 Å². The number of nitrogen functional groups attached to an aromatic ring is 1. The number of hydrogen-bond donors (Lipinski definition) is 3. The summed E-state index contributed by atoms with van der Waals surface area (Å²) in [6.07, 6.45) is 3.96. The number of benzene rings is 1. The zero-order valence-corrected chi connectivity index (χ0v) is 10.5. The molecule has 4 N–H and O–H groups in total. The molecule has 1 fully saturated rings. The Balaban J connectivity index is 1.81. The molecule has 18 heavy (non-hydrogen) atoms. The highest BCUT2D eigenvalue weighted by Gasteiger charge is 2.37. The predicted molar refractivity (Wildman–Crippen MR) is 71.0 cm³/mol. The lowest BCUT2D eigenvalue weighted by Crippen LogP contribution is -2.56. The molecule has 0 spiro atoms. The maximum atomic E-state index is 11.8. The number of amides is 1. The van der Waals surface area contributed by atoms with Crippen molar-refractivity contribution in [2.45, 2.75) is 37.6 Å². The Kier molecular flexibility index (Phi) is 3.87. The van der Waals surface area contributed by atoms with Gasteiger partial charge in [-0.2, -0.15) is 0 Å². The summed E-state index contributed by atoms with van der Waals surface area (Å²) in [4.78, 5) is 11.8. The quantitative estimate of drug-likeness (QED) is 0.686. The number of rotatable bonds is 5. The van der Waals surface area contributed by atoms with E-state index in [4.69, 9.17) is 5.73 Å². The Morgan fingerprint density at radius 3 is 2.78 bits per heavy atom. The van der Waals surface area contributed by atoms with Gasteiger partial charge in [-0.1, -0.05) is 12.1 Å². The van der Waals surface area contributed by atoms with Crippen LogP contribution in [0.1, 0.15) is 31.2 Å². The highest BCUT2D eigenvalue weighted by molar-refractivity contribution is 5.77. The molecule has 1 aromatic carbocycles. The van der Waals surface area contributed by atoms with E-state index in [1.54, 1.807) is 0 Å². The molecule has 0 radical (unpaired) electrons. The minimum atomic E-state index is -0.340. The second-order valence-electron chi connectivity index (χ2n) is 5.09. The molecule has 0 aromatic heterocycles. The van der Waals surface area contributed by atoms with Gasteiger partial charge in [0.1, 0.15) is 0 Å². The Morgan fingerprint density at radius 2 is 2.22 bits per heavy atom. The van der Waals surface area contributed by atoms with Crippen molar-refractivity contribution in [2.75, 3.05) is 12.3 Å². The Labute approximate surface area is 107 Å². The van der Waals surface area contributed by atoms with Crippen molar-refractivity contribution < 1.29 is 9.90 Å². The highest BCUT2D eigenvalue weighted by atomic mass is 16.3. The molecular formula is C14H20N2O2. The maximum Gasteiger partial charge on any atom is 0.220 e. The van der Waals surface area contributed by atoms with E-state index in [-0.39, 0.29) is 18.1 Å². The molecule has 4 nitrogen and oxygen atoms in total. The van der Waals surface area contributed by atoms with Crippen LogP contribution in [-0.2, 0) is 11.2 Å². The van der Waals surface area contributed by atoms with Crippen molar-refractivity contribution in [2.24, 2.45) is 0 Å². The molecule has 4 heteroatoms. The lowest BCUT2D eigenvalue weighted by atomic mass is 9.77. The van der Waals surface area contributed by atoms with Crippen molar-refractivity contribution in [3.05, 3.63) is 29.8 Å². The van der Waals surface area contributed by atoms with E-state index < -0.39 is 0 Å². The first-order chi connectivity index (χ1) is 8.63. The summed E-state index contributed by atoms with van der Waals surface area (Å²) >= 11 is 0. The molecule has 0 unspecified atom stereocenters. The molecule has 1 amide bonds. The van der Waals surface area contributed by atoms with Crippen LogP contribution in [0.3, 0.4) is 0 Å². The molecule has 0 bridgehead atoms. The van der Waals surface area contributed by atoms with Crippen molar-refractivity contribution in [1.29, 1.82) is 0 Å². The first-order valence-electron chi connectivity index (χ1n) is 6.40. The number of anilines is 1. The molecule has 0 heterocycles. The second kappa shape index (κ2) is 5.40. The summed E-state index contributed by atoms with van der Waals surface area (Å²) < 4.78 is 0. The fourth-order valence-electron chi connectivity index (χ4n) is 2.29. The molecule has 2 rings (SSSR count). The number of nitrogens with one attached hydrogen (secondary N) is 1. The number of aliphatic hydroxyl groups excluding tert-OH is 1. The Bertz CT molecular complexity index is 422. The zero-order valence-electron chi connectivity index (χ0n) is 10.5. The number of nitrogens with two attached hydrogens (primary N) is 1. The van der Waals surface area contributed by atoms with Gasteiger partial charge in [0.15, 0.2) is 0 Å². The van der Waals surface area contributed by atoms with Crippen LogP contribution >= 0.6 is 0 Å². The van der Waals surface area contributed by atoms with Crippen molar-refractivity contribution in [3.8, 4) is 0 Å². The van der Waals surface area contributed by atoms with E-state index in [0.29, 0.717) is 12.8 Å². The van der Waals surface area contributed by atoms with Gasteiger partial charge in [0.05, 0.1) is 12.1 Å². The third-order valence-corrected chi connectivity index (χ3v) is 3.61. The monoisotopic (exact) mass is 248 g/mol. The van der Waals surface area contributed by atoms with Crippen LogP contribution in [-0.4, -0.2) is 23.2 Å². The summed E-state index contributed by atoms with van der Waals surface area (Å²) in [5.41, 5.74) is 7.13. The lowest BCUT2D eigenvalue weighted by Gasteiger charge is -2.41. The molecule has 1 aliphatic rings. The number of aryl methyl sites for hydroxylation is 1. The Hall–Kier alpha value is -1.55. The van der Waals surface area contributed by atoms with Crippen LogP contribution in [0.4, 0.5) is 5.69 Å². The highest BCUT2D eigenvalue weighted by Crippen LogP contribution is 2.31. The van der Waals surface area contributed by atoms with Crippen molar-refractivity contribution in [1.82, 2.24) is 5.32 Å². The molecule has 1 aromatic rings. The van der Waals surface area contributed by atoms with E-state index in [9.17, 15) is 9.90 Å². The van der Waals surface area contributed by atoms with Crippen molar-refractivity contribution in [3.63, 3.8) is 0 Å². The first-order valence-corrected chi connectivity index (χ1v) is 6.40. The minimum Gasteiger partial charge on any atom is -0.399 e. The van der Waals surface area contributed by atoms with Gasteiger partial charge in [-0.15, -0.1) is 0 Å². The SMILES string of the molecule is Nc1cccc(CCC(=O)NC2(CO)CCC2)c1. The first kappa shape index (κ1) is 12.9. The number of hydrogen-bond acceptors (Lipinski definition) is 3. The molecule has 0 aliphatic heterocycles. The second-order valence-corrected chi connectivity index (χ2v) is 5.09. The third kappa shape index (κ3) is 3.01. The Morgan fingerprint density at radius 1 is 1.44 bits per heavy atom. The normalized spacial score (nSPS) is 16.9. The van der Waals surface area contributed by atoms with Crippen LogP contribution in [0.5, 0.6) is 0 Å². The maximum absolute atomic E-state index is 11.8. The lowest BCUT2D eigenvalue weighted by molar-refractivity contribution is -0.125. The summed E-state index contributed by atoms with van der Waals surface area (Å²) in [7, 11) is 0. The van der Waals surface area contributed by atoms with Gasteiger partial charge in [-0.25, -0.2) is 0 Å². The molecular weight excluding hydrogens is 228 g/mol. The van der Waals surface area contributed by atoms with E-state index in [2.05, 4.69) is 5.32 Å². The topological polar surface area (TPSA) is 75.4 Å². The smallest absolute Gasteiger partial charge is 0.220 e. The zero-order chi connectivity index (χ0) is 13.0. The van der Waals surface area contributed by atoms with Crippen molar-refractivity contribution >= 4 is 11.6 Å². The minimum absolute atomic E-state index is 0.00572. The van der Waals surface area contributed by atoms with Crippen LogP contribution in [0.25, 0.3) is 0 Å². The largest absolute Gasteiger partial charge is 0.399 e. The predicted octanol–water partition coefficient (Wildman–Crippen LogP) is 1.23. The molecule has 0 atom stereocenters. The van der Waals surface area contributed by atoms with E-state index >= 15 is 0 Å². The average Bonchev–Trinajstić information content (AvgIpc) is 2.31. The van der Waals surface area contributed by atoms with Crippen LogP contribution in [0.15, 0.2) is 24.3 Å². The molecule has 1 saturated carbocycles. The summed E-state index contributed by atoms with van der Waals surface area (Å²) in [5.74, 6) is 0.00572. The van der Waals surface area contributed by atoms with Gasteiger partial charge in [0, 0.05) is 12.1 Å². The molecule has 0 saturated heterocycles. The summed E-state index contributed by atoms with van der Waals surface area (Å²) in [6.45, 7) is 0.0387. The van der Waals surface area contributed by atoms with Gasteiger partial charge < -0.3 is 16.2 Å². The third-order valence-electron chi connectivity index (χ3n) is 3.61. The summed E-state index contributed by atoms with van der Waals surface area (Å²) in [5, 5.41) is 12.2. The van der Waals surface area contributed by atoms with E-state index in [1.165, 1.54) is 0 Å².